The first-order valence-corrected chi connectivity index (χ1v) is 11.6. The minimum Gasteiger partial charge on any atom is -0.493 e. The Morgan fingerprint density at radius 3 is 2.89 bits per heavy atom. The van der Waals surface area contributed by atoms with Gasteiger partial charge in [-0.15, -0.1) is 0 Å². The van der Waals surface area contributed by atoms with Gasteiger partial charge < -0.3 is 25.8 Å². The molecule has 1 fully saturated rings. The lowest BCUT2D eigenvalue weighted by atomic mass is 10.1. The summed E-state index contributed by atoms with van der Waals surface area (Å²) in [4.78, 5) is 24.9. The molecule has 5 rings (SSSR count). The lowest BCUT2D eigenvalue weighted by Crippen LogP contribution is -2.38. The number of carbonyl (C=O) groups is 1. The monoisotopic (exact) mass is 492 g/mol. The minimum absolute atomic E-state index is 0.143. The smallest absolute Gasteiger partial charge is 0.351 e. The maximum absolute atomic E-state index is 13.9. The van der Waals surface area contributed by atoms with Crippen LogP contribution >= 0.6 is 0 Å². The topological polar surface area (TPSA) is 143 Å². The molecule has 2 aromatic carbocycles. The van der Waals surface area contributed by atoms with E-state index in [9.17, 15) is 14.3 Å². The third-order valence-electron chi connectivity index (χ3n) is 6.17. The van der Waals surface area contributed by atoms with Crippen LogP contribution in [-0.4, -0.2) is 47.3 Å². The Morgan fingerprint density at radius 1 is 1.25 bits per heavy atom. The second-order valence-electron chi connectivity index (χ2n) is 8.63. The fraction of sp³-hybridized carbons (Fsp3) is 0.240. The third-order valence-corrected chi connectivity index (χ3v) is 6.17. The number of piperidine rings is 1. The van der Waals surface area contributed by atoms with E-state index in [-0.39, 0.29) is 17.4 Å². The molecule has 0 unspecified atom stereocenters. The number of methoxy groups -OCH3 is 1. The van der Waals surface area contributed by atoms with Gasteiger partial charge in [0.05, 0.1) is 29.9 Å². The normalized spacial score (nSPS) is 15.6. The van der Waals surface area contributed by atoms with E-state index in [1.165, 1.54) is 18.2 Å². The SMILES string of the molecule is COc1cc(N2CCC[C@H](O)C2)ccc1Nc1nc(Nc2cc(F)ccc2C(N)=O)c2cc[nH]c2[nH+]1. The summed E-state index contributed by atoms with van der Waals surface area (Å²) in [6.07, 6.45) is 3.13. The number of aliphatic hydroxyl groups excluding tert-OH is 1. The third kappa shape index (κ3) is 4.73. The number of halogens is 1. The molecule has 10 nitrogen and oxygen atoms in total. The number of amides is 1. The Kier molecular flexibility index (Phi) is 6.30. The number of β-amino-alcohol motifs (C(OH)–C–C–N with tert-alkyl or cyclic N) is 1. The quantitative estimate of drug-likeness (QED) is 0.267. The average Bonchev–Trinajstić information content (AvgIpc) is 3.33. The predicted octanol–water partition coefficient (Wildman–Crippen LogP) is 3.07. The highest BCUT2D eigenvalue weighted by molar-refractivity contribution is 6.00. The number of carbonyl (C=O) groups excluding carboxylic acids is 1. The molecule has 1 saturated heterocycles. The number of hydrogen-bond donors (Lipinski definition) is 5. The van der Waals surface area contributed by atoms with Crippen LogP contribution in [-0.2, 0) is 0 Å². The molecule has 1 aliphatic heterocycles. The highest BCUT2D eigenvalue weighted by Gasteiger charge is 2.21. The summed E-state index contributed by atoms with van der Waals surface area (Å²) in [5, 5.41) is 17.0. The molecule has 4 aromatic rings. The molecule has 1 aliphatic rings. The van der Waals surface area contributed by atoms with Gasteiger partial charge in [0.15, 0.2) is 5.75 Å². The molecule has 0 bridgehead atoms. The van der Waals surface area contributed by atoms with Gasteiger partial charge in [-0.05, 0) is 49.2 Å². The summed E-state index contributed by atoms with van der Waals surface area (Å²) >= 11 is 0. The first-order valence-electron chi connectivity index (χ1n) is 11.6. The minimum atomic E-state index is -0.685. The molecule has 0 saturated carbocycles. The Morgan fingerprint density at radius 2 is 2.11 bits per heavy atom. The number of rotatable bonds is 7. The van der Waals surface area contributed by atoms with Gasteiger partial charge in [0.25, 0.3) is 5.91 Å². The first-order chi connectivity index (χ1) is 17.4. The lowest BCUT2D eigenvalue weighted by Gasteiger charge is -2.32. The van der Waals surface area contributed by atoms with E-state index in [2.05, 4.69) is 30.5 Å². The molecule has 7 N–H and O–H groups in total. The number of hydrogen-bond acceptors (Lipinski definition) is 7. The number of nitrogens with zero attached hydrogens (tertiary/aromatic N) is 2. The maximum Gasteiger partial charge on any atom is 0.351 e. The van der Waals surface area contributed by atoms with E-state index in [0.717, 1.165) is 25.1 Å². The molecular formula is C25H27FN7O3+. The zero-order chi connectivity index (χ0) is 25.2. The predicted molar refractivity (Wildman–Crippen MR) is 135 cm³/mol. The van der Waals surface area contributed by atoms with Gasteiger partial charge >= 0.3 is 5.95 Å². The van der Waals surface area contributed by atoms with Crippen LogP contribution in [0.5, 0.6) is 5.75 Å². The molecule has 36 heavy (non-hydrogen) atoms. The molecule has 1 atom stereocenters. The summed E-state index contributed by atoms with van der Waals surface area (Å²) in [6, 6.07) is 11.3. The van der Waals surface area contributed by atoms with Gasteiger partial charge in [-0.1, -0.05) is 4.98 Å². The number of nitrogens with one attached hydrogen (secondary N) is 4. The van der Waals surface area contributed by atoms with E-state index in [1.807, 2.05) is 18.2 Å². The van der Waals surface area contributed by atoms with E-state index in [1.54, 1.807) is 19.4 Å². The van der Waals surface area contributed by atoms with Gasteiger partial charge in [0.2, 0.25) is 11.5 Å². The number of aromatic amines is 2. The zero-order valence-corrected chi connectivity index (χ0v) is 19.6. The van der Waals surface area contributed by atoms with Crippen molar-refractivity contribution >= 4 is 45.8 Å². The second-order valence-corrected chi connectivity index (χ2v) is 8.63. The maximum atomic E-state index is 13.9. The highest BCUT2D eigenvalue weighted by Crippen LogP contribution is 2.33. The Bertz CT molecular complexity index is 1420. The number of nitrogens with two attached hydrogens (primary N) is 1. The Labute approximate surface area is 206 Å². The van der Waals surface area contributed by atoms with Crippen molar-refractivity contribution in [1.82, 2.24) is 9.97 Å². The van der Waals surface area contributed by atoms with E-state index in [0.29, 0.717) is 40.8 Å². The van der Waals surface area contributed by atoms with Crippen LogP contribution in [0.15, 0.2) is 48.7 Å². The molecule has 186 valence electrons. The van der Waals surface area contributed by atoms with Crippen molar-refractivity contribution in [3.63, 3.8) is 0 Å². The molecule has 2 aromatic heterocycles. The van der Waals surface area contributed by atoms with E-state index in [4.69, 9.17) is 10.5 Å². The number of benzene rings is 2. The summed E-state index contributed by atoms with van der Waals surface area (Å²) < 4.78 is 19.6. The van der Waals surface area contributed by atoms with Crippen molar-refractivity contribution < 1.29 is 24.0 Å². The molecule has 0 radical (unpaired) electrons. The average molecular weight is 493 g/mol. The van der Waals surface area contributed by atoms with Crippen LogP contribution in [0.4, 0.5) is 33.2 Å². The van der Waals surface area contributed by atoms with Gasteiger partial charge in [-0.25, -0.2) is 9.37 Å². The molecule has 3 heterocycles. The van der Waals surface area contributed by atoms with Crippen LogP contribution < -0.4 is 31.0 Å². The van der Waals surface area contributed by atoms with E-state index >= 15 is 0 Å². The van der Waals surface area contributed by atoms with Crippen LogP contribution in [0.3, 0.4) is 0 Å². The van der Waals surface area contributed by atoms with Crippen LogP contribution in [0, 0.1) is 5.82 Å². The molecule has 0 aliphatic carbocycles. The summed E-state index contributed by atoms with van der Waals surface area (Å²) in [6.45, 7) is 1.45. The van der Waals surface area contributed by atoms with Crippen molar-refractivity contribution in [3.05, 3.63) is 60.0 Å². The van der Waals surface area contributed by atoms with Gasteiger partial charge in [0, 0.05) is 31.0 Å². The molecule has 11 heteroatoms. The van der Waals surface area contributed by atoms with Crippen molar-refractivity contribution in [3.8, 4) is 5.75 Å². The zero-order valence-electron chi connectivity index (χ0n) is 19.6. The largest absolute Gasteiger partial charge is 0.493 e. The Balaban J connectivity index is 1.47. The first kappa shape index (κ1) is 23.4. The fourth-order valence-electron chi connectivity index (χ4n) is 4.40. The number of H-pyrrole nitrogens is 2. The number of anilines is 5. The van der Waals surface area contributed by atoms with Crippen LogP contribution in [0.25, 0.3) is 11.0 Å². The van der Waals surface area contributed by atoms with Crippen molar-refractivity contribution in [2.45, 2.75) is 18.9 Å². The summed E-state index contributed by atoms with van der Waals surface area (Å²) in [5.41, 5.74) is 8.11. The van der Waals surface area contributed by atoms with Crippen molar-refractivity contribution in [1.29, 1.82) is 0 Å². The van der Waals surface area contributed by atoms with E-state index < -0.39 is 11.7 Å². The van der Waals surface area contributed by atoms with Gasteiger partial charge in [-0.2, -0.15) is 0 Å². The molecule has 1 amide bonds. The van der Waals surface area contributed by atoms with Crippen LogP contribution in [0.1, 0.15) is 23.2 Å². The number of fused-ring (bicyclic) bond motifs is 1. The number of ether oxygens (including phenoxy) is 1. The fourth-order valence-corrected chi connectivity index (χ4v) is 4.40. The highest BCUT2D eigenvalue weighted by atomic mass is 19.1. The van der Waals surface area contributed by atoms with Gasteiger partial charge in [-0.3, -0.25) is 15.1 Å². The van der Waals surface area contributed by atoms with Crippen molar-refractivity contribution in [2.24, 2.45) is 5.73 Å². The van der Waals surface area contributed by atoms with Crippen molar-refractivity contribution in [2.75, 3.05) is 35.7 Å². The van der Waals surface area contributed by atoms with Gasteiger partial charge in [0.1, 0.15) is 11.5 Å². The number of aliphatic hydroxyl groups is 1. The summed E-state index contributed by atoms with van der Waals surface area (Å²) in [5.74, 6) is 0.168. The number of primary amides is 1. The standard InChI is InChI=1S/C25H26FN7O3/c1-36-21-12-15(33-10-2-3-16(34)13-33)5-7-19(21)30-25-31-23-18(8-9-28-23)24(32-25)29-20-11-14(26)4-6-17(20)22(27)35/h4-9,11-12,16,34H,2-3,10,13H2,1H3,(H2,27,35)(H3,28,29,30,31,32)/p+1/t16-/m0/s1. The number of aromatic nitrogens is 3. The lowest BCUT2D eigenvalue weighted by molar-refractivity contribution is -0.333. The molecule has 0 spiro atoms. The summed E-state index contributed by atoms with van der Waals surface area (Å²) in [7, 11) is 1.59. The second kappa shape index (κ2) is 9.70. The Hall–Kier alpha value is -4.38. The molecular weight excluding hydrogens is 465 g/mol. The van der Waals surface area contributed by atoms with Crippen LogP contribution in [0.2, 0.25) is 0 Å².